The summed E-state index contributed by atoms with van der Waals surface area (Å²) >= 11 is 6.19. The Kier molecular flexibility index (Phi) is 6.36. The van der Waals surface area contributed by atoms with Gasteiger partial charge < -0.3 is 15.0 Å². The third-order valence-electron chi connectivity index (χ3n) is 4.77. The second-order valence-electron chi connectivity index (χ2n) is 6.90. The van der Waals surface area contributed by atoms with Crippen LogP contribution in [0.2, 0.25) is 5.02 Å². The van der Waals surface area contributed by atoms with Crippen LogP contribution in [0.5, 0.6) is 5.75 Å². The summed E-state index contributed by atoms with van der Waals surface area (Å²) in [5, 5.41) is 14.3. The molecule has 3 rings (SSSR count). The van der Waals surface area contributed by atoms with Gasteiger partial charge in [-0.3, -0.25) is 14.9 Å². The van der Waals surface area contributed by atoms with Crippen molar-refractivity contribution >= 4 is 34.6 Å². The van der Waals surface area contributed by atoms with Crippen LogP contribution in [0.15, 0.2) is 42.5 Å². The average Bonchev–Trinajstić information content (AvgIpc) is 2.69. The van der Waals surface area contributed by atoms with Crippen molar-refractivity contribution in [3.63, 3.8) is 0 Å². The summed E-state index contributed by atoms with van der Waals surface area (Å²) in [7, 11) is 0. The van der Waals surface area contributed by atoms with Crippen LogP contribution in [0, 0.1) is 16.0 Å². The van der Waals surface area contributed by atoms with Gasteiger partial charge in [0.2, 0.25) is 0 Å². The number of nitrogens with one attached hydrogen (secondary N) is 1. The minimum absolute atomic E-state index is 0.0573. The van der Waals surface area contributed by atoms with Crippen molar-refractivity contribution in [2.24, 2.45) is 5.92 Å². The van der Waals surface area contributed by atoms with Gasteiger partial charge in [0.25, 0.3) is 11.6 Å². The van der Waals surface area contributed by atoms with Crippen LogP contribution in [0.3, 0.4) is 0 Å². The van der Waals surface area contributed by atoms with E-state index in [-0.39, 0.29) is 17.3 Å². The molecule has 0 unspecified atom stereocenters. The molecule has 28 heavy (non-hydrogen) atoms. The highest BCUT2D eigenvalue weighted by molar-refractivity contribution is 6.34. The van der Waals surface area contributed by atoms with Gasteiger partial charge in [-0.05, 0) is 37.0 Å². The molecule has 0 radical (unpaired) electrons. The summed E-state index contributed by atoms with van der Waals surface area (Å²) in [6.45, 7) is 3.45. The van der Waals surface area contributed by atoms with Gasteiger partial charge in [0.05, 0.1) is 15.6 Å². The fourth-order valence-corrected chi connectivity index (χ4v) is 3.35. The number of rotatable bonds is 6. The standard InChI is InChI=1S/C20H22ClN3O4/c1-14-7-9-23(10-8-14)18-12-17(16(21)11-19(18)24(26)27)22-20(25)13-28-15-5-3-2-4-6-15/h2-6,11-12,14H,7-10,13H2,1H3,(H,22,25). The van der Waals surface area contributed by atoms with Crippen LogP contribution in [-0.4, -0.2) is 30.5 Å². The molecule has 1 aliphatic rings. The molecular weight excluding hydrogens is 382 g/mol. The zero-order valence-electron chi connectivity index (χ0n) is 15.6. The van der Waals surface area contributed by atoms with Gasteiger partial charge in [-0.2, -0.15) is 0 Å². The summed E-state index contributed by atoms with van der Waals surface area (Å²) in [4.78, 5) is 25.3. The number of carbonyl (C=O) groups is 1. The van der Waals surface area contributed by atoms with Gasteiger partial charge in [-0.25, -0.2) is 0 Å². The highest BCUT2D eigenvalue weighted by Gasteiger charge is 2.25. The van der Waals surface area contributed by atoms with Crippen molar-refractivity contribution in [1.82, 2.24) is 0 Å². The lowest BCUT2D eigenvalue weighted by Gasteiger charge is -2.32. The average molecular weight is 404 g/mol. The van der Waals surface area contributed by atoms with Crippen molar-refractivity contribution in [3.8, 4) is 5.75 Å². The monoisotopic (exact) mass is 403 g/mol. The van der Waals surface area contributed by atoms with Crippen molar-refractivity contribution in [3.05, 3.63) is 57.6 Å². The molecule has 1 heterocycles. The maximum Gasteiger partial charge on any atom is 0.294 e. The first-order valence-electron chi connectivity index (χ1n) is 9.14. The lowest BCUT2D eigenvalue weighted by Crippen LogP contribution is -2.33. The SMILES string of the molecule is CC1CCN(c2cc(NC(=O)COc3ccccc3)c(Cl)cc2[N+](=O)[O-])CC1. The van der Waals surface area contributed by atoms with E-state index in [0.717, 1.165) is 25.9 Å². The lowest BCUT2D eigenvalue weighted by molar-refractivity contribution is -0.384. The predicted molar refractivity (Wildman–Crippen MR) is 109 cm³/mol. The Hall–Kier alpha value is -2.80. The number of halogens is 1. The molecule has 1 fully saturated rings. The van der Waals surface area contributed by atoms with Crippen LogP contribution >= 0.6 is 11.6 Å². The summed E-state index contributed by atoms with van der Waals surface area (Å²) in [6, 6.07) is 11.9. The number of anilines is 2. The molecule has 0 aliphatic carbocycles. The van der Waals surface area contributed by atoms with Gasteiger partial charge in [-0.1, -0.05) is 36.7 Å². The molecule has 7 nitrogen and oxygen atoms in total. The van der Waals surface area contributed by atoms with Crippen LogP contribution in [0.25, 0.3) is 0 Å². The first-order valence-corrected chi connectivity index (χ1v) is 9.52. The number of benzene rings is 2. The Bertz CT molecular complexity index is 852. The molecule has 0 spiro atoms. The second kappa shape index (κ2) is 8.93. The molecule has 1 N–H and O–H groups in total. The van der Waals surface area contributed by atoms with Crippen LogP contribution < -0.4 is 15.0 Å². The van der Waals surface area contributed by atoms with Crippen LogP contribution in [0.1, 0.15) is 19.8 Å². The number of amides is 1. The first kappa shape index (κ1) is 19.9. The van der Waals surface area contributed by atoms with E-state index in [9.17, 15) is 14.9 Å². The molecule has 0 saturated carbocycles. The van der Waals surface area contributed by atoms with Crippen molar-refractivity contribution in [2.75, 3.05) is 29.9 Å². The van der Waals surface area contributed by atoms with E-state index in [0.29, 0.717) is 23.0 Å². The lowest BCUT2D eigenvalue weighted by atomic mass is 9.98. The van der Waals surface area contributed by atoms with Crippen LogP contribution in [0.4, 0.5) is 17.1 Å². The number of hydrogen-bond donors (Lipinski definition) is 1. The van der Waals surface area contributed by atoms with Gasteiger partial charge in [0, 0.05) is 19.2 Å². The van der Waals surface area contributed by atoms with E-state index < -0.39 is 10.8 Å². The number of piperidine rings is 1. The fraction of sp³-hybridized carbons (Fsp3) is 0.350. The molecular formula is C20H22ClN3O4. The fourth-order valence-electron chi connectivity index (χ4n) is 3.15. The highest BCUT2D eigenvalue weighted by atomic mass is 35.5. The third-order valence-corrected chi connectivity index (χ3v) is 5.09. The molecule has 1 saturated heterocycles. The largest absolute Gasteiger partial charge is 0.484 e. The summed E-state index contributed by atoms with van der Waals surface area (Å²) in [5.41, 5.74) is 0.751. The Labute approximate surface area is 168 Å². The van der Waals surface area contributed by atoms with Gasteiger partial charge in [0.15, 0.2) is 6.61 Å². The maximum atomic E-state index is 12.2. The first-order chi connectivity index (χ1) is 13.4. The molecule has 0 aromatic heterocycles. The molecule has 148 valence electrons. The zero-order chi connectivity index (χ0) is 20.1. The topological polar surface area (TPSA) is 84.7 Å². The quantitative estimate of drug-likeness (QED) is 0.567. The van der Waals surface area contributed by atoms with E-state index >= 15 is 0 Å². The molecule has 0 atom stereocenters. The van der Waals surface area contributed by atoms with E-state index in [1.165, 1.54) is 6.07 Å². The Morgan fingerprint density at radius 1 is 1.29 bits per heavy atom. The third kappa shape index (κ3) is 4.92. The van der Waals surface area contributed by atoms with Crippen molar-refractivity contribution in [2.45, 2.75) is 19.8 Å². The van der Waals surface area contributed by atoms with Crippen LogP contribution in [-0.2, 0) is 4.79 Å². The Morgan fingerprint density at radius 2 is 1.96 bits per heavy atom. The number of nitrogens with zero attached hydrogens (tertiary/aromatic N) is 2. The smallest absolute Gasteiger partial charge is 0.294 e. The molecule has 2 aromatic rings. The number of hydrogen-bond acceptors (Lipinski definition) is 5. The number of nitro benzene ring substituents is 1. The minimum Gasteiger partial charge on any atom is -0.484 e. The van der Waals surface area contributed by atoms with Gasteiger partial charge in [-0.15, -0.1) is 0 Å². The molecule has 0 bridgehead atoms. The van der Waals surface area contributed by atoms with Gasteiger partial charge >= 0.3 is 0 Å². The zero-order valence-corrected chi connectivity index (χ0v) is 16.3. The number of para-hydroxylation sites is 1. The van der Waals surface area contributed by atoms with Crippen molar-refractivity contribution < 1.29 is 14.5 Å². The summed E-state index contributed by atoms with van der Waals surface area (Å²) in [5.74, 6) is 0.783. The number of nitro groups is 1. The Morgan fingerprint density at radius 3 is 2.61 bits per heavy atom. The normalized spacial score (nSPS) is 14.6. The highest BCUT2D eigenvalue weighted by Crippen LogP contribution is 2.38. The van der Waals surface area contributed by atoms with Crippen molar-refractivity contribution in [1.29, 1.82) is 0 Å². The van der Waals surface area contributed by atoms with E-state index in [1.54, 1.807) is 18.2 Å². The summed E-state index contributed by atoms with van der Waals surface area (Å²) < 4.78 is 5.43. The Balaban J connectivity index is 1.76. The second-order valence-corrected chi connectivity index (χ2v) is 7.30. The number of ether oxygens (including phenoxy) is 1. The predicted octanol–water partition coefficient (Wildman–Crippen LogP) is 4.50. The van der Waals surface area contributed by atoms with E-state index in [2.05, 4.69) is 12.2 Å². The van der Waals surface area contributed by atoms with E-state index in [1.807, 2.05) is 23.1 Å². The van der Waals surface area contributed by atoms with E-state index in [4.69, 9.17) is 16.3 Å². The molecule has 2 aromatic carbocycles. The molecule has 8 heteroatoms. The summed E-state index contributed by atoms with van der Waals surface area (Å²) in [6.07, 6.45) is 1.93. The maximum absolute atomic E-state index is 12.2. The molecule has 1 amide bonds. The minimum atomic E-state index is -0.441. The number of carbonyl (C=O) groups excluding carboxylic acids is 1. The van der Waals surface area contributed by atoms with Gasteiger partial charge in [0.1, 0.15) is 11.4 Å². The molecule has 1 aliphatic heterocycles.